The van der Waals surface area contributed by atoms with Crippen molar-refractivity contribution >= 4 is 28.4 Å². The molecule has 292 valence electrons. The lowest BCUT2D eigenvalue weighted by atomic mass is 9.89. The zero-order chi connectivity index (χ0) is 39.9. The summed E-state index contributed by atoms with van der Waals surface area (Å²) >= 11 is 0. The van der Waals surface area contributed by atoms with Crippen LogP contribution in [0.2, 0.25) is 0 Å². The quantitative estimate of drug-likeness (QED) is 0.0852. The van der Waals surface area contributed by atoms with Crippen LogP contribution < -0.4 is 9.80 Å². The lowest BCUT2D eigenvalue weighted by Crippen LogP contribution is -2.20. The molecule has 0 saturated carbocycles. The monoisotopic (exact) mass is 750 g/mol. The molecular formula is C50H58N2O4. The summed E-state index contributed by atoms with van der Waals surface area (Å²) in [5.41, 5.74) is 17.3. The van der Waals surface area contributed by atoms with Gasteiger partial charge in [0.2, 0.25) is 0 Å². The predicted molar refractivity (Wildman–Crippen MR) is 233 cm³/mol. The maximum Gasteiger partial charge on any atom is 0.0491 e. The van der Waals surface area contributed by atoms with Gasteiger partial charge in [0.05, 0.1) is 0 Å². The molecule has 0 spiro atoms. The molecule has 0 aromatic heterocycles. The third-order valence-corrected chi connectivity index (χ3v) is 11.5. The molecule has 1 atom stereocenters. The molecule has 6 heteroatoms. The molecule has 6 nitrogen and oxygen atoms in total. The van der Waals surface area contributed by atoms with Crippen molar-refractivity contribution in [2.24, 2.45) is 17.8 Å². The topological polar surface area (TPSA) is 87.4 Å². The Morgan fingerprint density at radius 3 is 1.48 bits per heavy atom. The largest absolute Gasteiger partial charge is 0.396 e. The Morgan fingerprint density at radius 1 is 0.518 bits per heavy atom. The summed E-state index contributed by atoms with van der Waals surface area (Å²) in [7, 11) is 0. The smallest absolute Gasteiger partial charge is 0.0491 e. The van der Waals surface area contributed by atoms with Gasteiger partial charge >= 0.3 is 0 Å². The highest BCUT2D eigenvalue weighted by Gasteiger charge is 2.22. The molecule has 0 heterocycles. The van der Waals surface area contributed by atoms with E-state index >= 15 is 0 Å². The zero-order valence-corrected chi connectivity index (χ0v) is 33.8. The predicted octanol–water partition coefficient (Wildman–Crippen LogP) is 10.4. The summed E-state index contributed by atoms with van der Waals surface area (Å²) in [6.45, 7) is 12.9. The second-order valence-electron chi connectivity index (χ2n) is 15.8. The lowest BCUT2D eigenvalue weighted by molar-refractivity contribution is 0.135. The first-order valence-corrected chi connectivity index (χ1v) is 19.9. The summed E-state index contributed by atoms with van der Waals surface area (Å²) in [4.78, 5) is 4.66. The van der Waals surface area contributed by atoms with Gasteiger partial charge in [0.1, 0.15) is 0 Å². The Balaban J connectivity index is 1.33. The van der Waals surface area contributed by atoms with Crippen molar-refractivity contribution in [3.8, 4) is 11.1 Å². The zero-order valence-electron chi connectivity index (χ0n) is 33.8. The van der Waals surface area contributed by atoms with Crippen LogP contribution >= 0.6 is 0 Å². The van der Waals surface area contributed by atoms with E-state index in [4.69, 9.17) is 0 Å². The molecule has 5 aromatic rings. The summed E-state index contributed by atoms with van der Waals surface area (Å²) in [6.07, 6.45) is 8.95. The van der Waals surface area contributed by atoms with E-state index in [0.29, 0.717) is 6.42 Å². The van der Waals surface area contributed by atoms with E-state index in [-0.39, 0.29) is 44.2 Å². The van der Waals surface area contributed by atoms with Crippen molar-refractivity contribution < 1.29 is 20.4 Å². The molecule has 0 bridgehead atoms. The van der Waals surface area contributed by atoms with Gasteiger partial charge in [-0.15, -0.1) is 0 Å². The van der Waals surface area contributed by atoms with Crippen molar-refractivity contribution in [3.63, 3.8) is 0 Å². The summed E-state index contributed by atoms with van der Waals surface area (Å²) in [5, 5.41) is 38.6. The maximum absolute atomic E-state index is 9.66. The highest BCUT2D eigenvalue weighted by molar-refractivity contribution is 5.82. The number of aliphatic hydroxyl groups is 4. The number of rotatable bonds is 15. The van der Waals surface area contributed by atoms with Crippen molar-refractivity contribution in [1.29, 1.82) is 0 Å². The number of aliphatic hydroxyl groups excluding tert-OH is 4. The standard InChI is InChI=1S/C50H58N2O4/c1-33-7-15-47(25-35(33)3)51(45-17-9-39(10-18-45)27-41(29-53)30-54)49-21-13-43(23-37(49)5)44-14-22-50(38(6)24-44)52(48-16-8-34(2)36(4)26-48)46-19-11-40(12-20-46)28-42(31-55)32-56/h7-11,13-26,40-42,53-56H,12,27-32H2,1-6H3. The van der Waals surface area contributed by atoms with Crippen LogP contribution in [0, 0.1) is 59.3 Å². The summed E-state index contributed by atoms with van der Waals surface area (Å²) in [5.74, 6) is 0.00624. The van der Waals surface area contributed by atoms with Crippen molar-refractivity contribution in [2.45, 2.75) is 60.8 Å². The second-order valence-corrected chi connectivity index (χ2v) is 15.8. The first-order valence-electron chi connectivity index (χ1n) is 19.9. The molecule has 1 unspecified atom stereocenters. The van der Waals surface area contributed by atoms with Gasteiger partial charge in [-0.05, 0) is 184 Å². The number of allylic oxidation sites excluding steroid dienone is 3. The van der Waals surface area contributed by atoms with Crippen LogP contribution in [0.4, 0.5) is 28.4 Å². The van der Waals surface area contributed by atoms with E-state index in [2.05, 4.69) is 167 Å². The SMILES string of the molecule is Cc1ccc(N(C2=CCC(CC(CO)CO)C=C2)c2ccc(-c3ccc(N(c4ccc(CC(CO)CO)cc4)c4ccc(C)c(C)c4)c(C)c3)cc2C)cc1C. The van der Waals surface area contributed by atoms with Crippen LogP contribution in [-0.2, 0) is 6.42 Å². The van der Waals surface area contributed by atoms with Crippen molar-refractivity contribution in [1.82, 2.24) is 0 Å². The Kier molecular flexibility index (Phi) is 13.3. The molecule has 4 N–H and O–H groups in total. The highest BCUT2D eigenvalue weighted by atomic mass is 16.3. The highest BCUT2D eigenvalue weighted by Crippen LogP contribution is 2.41. The Hall–Kier alpha value is -4.98. The number of aryl methyl sites for hydroxylation is 6. The molecule has 0 amide bonds. The van der Waals surface area contributed by atoms with Crippen LogP contribution in [0.15, 0.2) is 121 Å². The summed E-state index contributed by atoms with van der Waals surface area (Å²) < 4.78 is 0. The van der Waals surface area contributed by atoms with Crippen LogP contribution in [0.1, 0.15) is 51.8 Å². The van der Waals surface area contributed by atoms with Gasteiger partial charge in [-0.25, -0.2) is 0 Å². The number of hydrogen-bond donors (Lipinski definition) is 4. The molecule has 1 aliphatic rings. The van der Waals surface area contributed by atoms with Gasteiger partial charge in [-0.3, -0.25) is 0 Å². The van der Waals surface area contributed by atoms with Crippen molar-refractivity contribution in [3.05, 3.63) is 160 Å². The number of nitrogens with zero attached hydrogens (tertiary/aromatic N) is 2. The second kappa shape index (κ2) is 18.3. The fraction of sp³-hybridized carbons (Fsp3) is 0.320. The molecule has 0 saturated heterocycles. The van der Waals surface area contributed by atoms with Crippen LogP contribution in [-0.4, -0.2) is 46.9 Å². The van der Waals surface area contributed by atoms with E-state index in [1.807, 2.05) is 0 Å². The van der Waals surface area contributed by atoms with Gasteiger partial charge in [0.15, 0.2) is 0 Å². The minimum Gasteiger partial charge on any atom is -0.396 e. The average molecular weight is 751 g/mol. The van der Waals surface area contributed by atoms with Gasteiger partial charge in [0, 0.05) is 72.4 Å². The average Bonchev–Trinajstić information content (AvgIpc) is 3.21. The number of anilines is 5. The Bertz CT molecular complexity index is 2180. The first-order chi connectivity index (χ1) is 27.0. The third kappa shape index (κ3) is 9.17. The molecular weight excluding hydrogens is 693 g/mol. The number of benzene rings is 5. The van der Waals surface area contributed by atoms with Gasteiger partial charge in [0.25, 0.3) is 0 Å². The molecule has 1 aliphatic carbocycles. The molecule has 0 aliphatic heterocycles. The minimum absolute atomic E-state index is 0.00172. The van der Waals surface area contributed by atoms with Crippen LogP contribution in [0.3, 0.4) is 0 Å². The van der Waals surface area contributed by atoms with Gasteiger partial charge in [-0.2, -0.15) is 0 Å². The van der Waals surface area contributed by atoms with E-state index in [1.54, 1.807) is 0 Å². The van der Waals surface area contributed by atoms with E-state index in [0.717, 1.165) is 69.2 Å². The Labute approximate surface area is 333 Å². The van der Waals surface area contributed by atoms with Gasteiger partial charge in [-0.1, -0.05) is 48.6 Å². The molecule has 56 heavy (non-hydrogen) atoms. The van der Waals surface area contributed by atoms with Crippen LogP contribution in [0.25, 0.3) is 11.1 Å². The van der Waals surface area contributed by atoms with E-state index in [9.17, 15) is 20.4 Å². The number of hydrogen-bond acceptors (Lipinski definition) is 6. The molecule has 6 rings (SSSR count). The Morgan fingerprint density at radius 2 is 1.02 bits per heavy atom. The molecule has 5 aromatic carbocycles. The van der Waals surface area contributed by atoms with E-state index in [1.165, 1.54) is 27.8 Å². The minimum atomic E-state index is -0.169. The lowest BCUT2D eigenvalue weighted by Gasteiger charge is -2.31. The van der Waals surface area contributed by atoms with Crippen molar-refractivity contribution in [2.75, 3.05) is 36.2 Å². The summed E-state index contributed by atoms with van der Waals surface area (Å²) in [6, 6.07) is 35.1. The third-order valence-electron chi connectivity index (χ3n) is 11.5. The van der Waals surface area contributed by atoms with Crippen LogP contribution in [0.5, 0.6) is 0 Å². The molecule has 0 fully saturated rings. The fourth-order valence-corrected chi connectivity index (χ4v) is 7.69. The maximum atomic E-state index is 9.66. The fourth-order valence-electron chi connectivity index (χ4n) is 7.69. The van der Waals surface area contributed by atoms with Gasteiger partial charge < -0.3 is 30.2 Å². The van der Waals surface area contributed by atoms with E-state index < -0.39 is 0 Å². The molecule has 0 radical (unpaired) electrons. The first kappa shape index (κ1) is 40.7. The normalized spacial score (nSPS) is 14.1.